The molecule has 0 heterocycles. The average molecular weight is 312 g/mol. The molecule has 1 aliphatic rings. The van der Waals surface area contributed by atoms with Crippen LogP contribution in [0.15, 0.2) is 18.2 Å². The second kappa shape index (κ2) is 6.39. The van der Waals surface area contributed by atoms with Gasteiger partial charge in [0.2, 0.25) is 0 Å². The standard InChI is InChI=1S/C15H18F2N2O3/c1-15(8-20)4-2-3-12(15)19-14(22)13(21)18-11-6-9(16)5-10(17)7-11/h5-7,12,20H,2-4,8H2,1H3,(H,18,21)(H,19,22). The zero-order valence-electron chi connectivity index (χ0n) is 12.2. The van der Waals surface area contributed by atoms with E-state index in [9.17, 15) is 23.5 Å². The van der Waals surface area contributed by atoms with E-state index in [4.69, 9.17) is 0 Å². The highest BCUT2D eigenvalue weighted by molar-refractivity contribution is 6.39. The number of halogens is 2. The van der Waals surface area contributed by atoms with E-state index in [1.807, 2.05) is 6.92 Å². The summed E-state index contributed by atoms with van der Waals surface area (Å²) in [5, 5.41) is 14.1. The summed E-state index contributed by atoms with van der Waals surface area (Å²) in [7, 11) is 0. The Morgan fingerprint density at radius 3 is 2.50 bits per heavy atom. The summed E-state index contributed by atoms with van der Waals surface area (Å²) in [4.78, 5) is 23.7. The molecule has 2 atom stereocenters. The van der Waals surface area contributed by atoms with Crippen molar-refractivity contribution in [2.75, 3.05) is 11.9 Å². The largest absolute Gasteiger partial charge is 0.396 e. The molecular formula is C15H18F2N2O3. The summed E-state index contributed by atoms with van der Waals surface area (Å²) >= 11 is 0. The number of hydrogen-bond acceptors (Lipinski definition) is 3. The molecule has 0 bridgehead atoms. The van der Waals surface area contributed by atoms with Gasteiger partial charge in [0.25, 0.3) is 0 Å². The predicted octanol–water partition coefficient (Wildman–Crippen LogP) is 1.57. The second-order valence-electron chi connectivity index (χ2n) is 5.84. The van der Waals surface area contributed by atoms with E-state index in [0.717, 1.165) is 25.0 Å². The van der Waals surface area contributed by atoms with Gasteiger partial charge in [0, 0.05) is 23.2 Å². The van der Waals surface area contributed by atoms with Crippen LogP contribution in [0.5, 0.6) is 0 Å². The molecule has 7 heteroatoms. The predicted molar refractivity (Wildman–Crippen MR) is 76.0 cm³/mol. The third kappa shape index (κ3) is 3.59. The SMILES string of the molecule is CC1(CO)CCCC1NC(=O)C(=O)Nc1cc(F)cc(F)c1. The fourth-order valence-electron chi connectivity index (χ4n) is 2.71. The van der Waals surface area contributed by atoms with E-state index in [0.29, 0.717) is 12.5 Å². The highest BCUT2D eigenvalue weighted by Crippen LogP contribution is 2.37. The molecule has 1 saturated carbocycles. The van der Waals surface area contributed by atoms with Crippen molar-refractivity contribution >= 4 is 17.5 Å². The molecule has 2 unspecified atom stereocenters. The number of carbonyl (C=O) groups is 2. The van der Waals surface area contributed by atoms with Crippen molar-refractivity contribution in [2.45, 2.75) is 32.2 Å². The number of carbonyl (C=O) groups excluding carboxylic acids is 2. The van der Waals surface area contributed by atoms with Crippen LogP contribution in [0.2, 0.25) is 0 Å². The van der Waals surface area contributed by atoms with Gasteiger partial charge in [0.1, 0.15) is 11.6 Å². The molecule has 1 aromatic carbocycles. The van der Waals surface area contributed by atoms with Crippen LogP contribution < -0.4 is 10.6 Å². The molecule has 0 spiro atoms. The fraction of sp³-hybridized carbons (Fsp3) is 0.467. The minimum Gasteiger partial charge on any atom is -0.396 e. The summed E-state index contributed by atoms with van der Waals surface area (Å²) in [5.41, 5.74) is -0.588. The smallest absolute Gasteiger partial charge is 0.313 e. The lowest BCUT2D eigenvalue weighted by molar-refractivity contribution is -0.137. The molecule has 1 aliphatic carbocycles. The quantitative estimate of drug-likeness (QED) is 0.741. The highest BCUT2D eigenvalue weighted by atomic mass is 19.1. The molecule has 3 N–H and O–H groups in total. The first-order chi connectivity index (χ1) is 10.3. The molecule has 2 rings (SSSR count). The van der Waals surface area contributed by atoms with E-state index >= 15 is 0 Å². The number of nitrogens with one attached hydrogen (secondary N) is 2. The Balaban J connectivity index is 1.99. The number of hydrogen-bond donors (Lipinski definition) is 3. The number of anilines is 1. The van der Waals surface area contributed by atoms with Crippen molar-refractivity contribution in [2.24, 2.45) is 5.41 Å². The van der Waals surface area contributed by atoms with Crippen LogP contribution in [0.1, 0.15) is 26.2 Å². The minimum atomic E-state index is -1.00. The second-order valence-corrected chi connectivity index (χ2v) is 5.84. The van der Waals surface area contributed by atoms with Crippen molar-refractivity contribution in [1.29, 1.82) is 0 Å². The zero-order chi connectivity index (χ0) is 16.3. The normalized spacial score (nSPS) is 24.1. The third-order valence-electron chi connectivity index (χ3n) is 4.08. The van der Waals surface area contributed by atoms with Crippen LogP contribution in [-0.4, -0.2) is 29.6 Å². The molecule has 1 aromatic rings. The van der Waals surface area contributed by atoms with E-state index in [2.05, 4.69) is 10.6 Å². The van der Waals surface area contributed by atoms with Crippen LogP contribution in [0.4, 0.5) is 14.5 Å². The molecule has 5 nitrogen and oxygen atoms in total. The Morgan fingerprint density at radius 1 is 1.27 bits per heavy atom. The third-order valence-corrected chi connectivity index (χ3v) is 4.08. The molecule has 120 valence electrons. The van der Waals surface area contributed by atoms with E-state index in [-0.39, 0.29) is 18.3 Å². The Labute approximate surface area is 126 Å². The Bertz CT molecular complexity index is 574. The molecule has 0 saturated heterocycles. The maximum Gasteiger partial charge on any atom is 0.313 e. The van der Waals surface area contributed by atoms with Gasteiger partial charge < -0.3 is 15.7 Å². The first-order valence-corrected chi connectivity index (χ1v) is 7.03. The number of amides is 2. The van der Waals surface area contributed by atoms with Gasteiger partial charge in [-0.15, -0.1) is 0 Å². The number of aliphatic hydroxyl groups excluding tert-OH is 1. The molecule has 22 heavy (non-hydrogen) atoms. The topological polar surface area (TPSA) is 78.4 Å². The van der Waals surface area contributed by atoms with Gasteiger partial charge in [-0.3, -0.25) is 9.59 Å². The molecule has 2 amide bonds. The van der Waals surface area contributed by atoms with E-state index in [1.54, 1.807) is 0 Å². The van der Waals surface area contributed by atoms with Crippen molar-refractivity contribution < 1.29 is 23.5 Å². The number of rotatable bonds is 3. The van der Waals surface area contributed by atoms with Crippen LogP contribution in [-0.2, 0) is 9.59 Å². The zero-order valence-corrected chi connectivity index (χ0v) is 12.2. The lowest BCUT2D eigenvalue weighted by Gasteiger charge is -2.29. The Morgan fingerprint density at radius 2 is 1.91 bits per heavy atom. The average Bonchev–Trinajstić information content (AvgIpc) is 2.79. The lowest BCUT2D eigenvalue weighted by atomic mass is 9.86. The van der Waals surface area contributed by atoms with Gasteiger partial charge >= 0.3 is 11.8 Å². The van der Waals surface area contributed by atoms with Crippen molar-refractivity contribution in [3.05, 3.63) is 29.8 Å². The van der Waals surface area contributed by atoms with Gasteiger partial charge in [-0.2, -0.15) is 0 Å². The molecule has 1 fully saturated rings. The highest BCUT2D eigenvalue weighted by Gasteiger charge is 2.39. The van der Waals surface area contributed by atoms with E-state index < -0.39 is 28.9 Å². The minimum absolute atomic E-state index is 0.0886. The fourth-order valence-corrected chi connectivity index (χ4v) is 2.71. The Kier molecular flexibility index (Phi) is 4.75. The number of aliphatic hydroxyl groups is 1. The maximum absolute atomic E-state index is 13.0. The van der Waals surface area contributed by atoms with E-state index in [1.165, 1.54) is 0 Å². The van der Waals surface area contributed by atoms with Crippen molar-refractivity contribution in [3.63, 3.8) is 0 Å². The summed E-state index contributed by atoms with van der Waals surface area (Å²) in [5.74, 6) is -3.59. The van der Waals surface area contributed by atoms with Crippen molar-refractivity contribution in [1.82, 2.24) is 5.32 Å². The summed E-state index contributed by atoms with van der Waals surface area (Å²) in [6.45, 7) is 1.75. The Hall–Kier alpha value is -2.02. The summed E-state index contributed by atoms with van der Waals surface area (Å²) in [6, 6.07) is 2.20. The number of benzene rings is 1. The van der Waals surface area contributed by atoms with Crippen LogP contribution >= 0.6 is 0 Å². The van der Waals surface area contributed by atoms with Gasteiger partial charge in [-0.1, -0.05) is 13.3 Å². The monoisotopic (exact) mass is 312 g/mol. The maximum atomic E-state index is 13.0. The first kappa shape index (κ1) is 16.4. The summed E-state index contributed by atoms with van der Waals surface area (Å²) < 4.78 is 26.1. The summed E-state index contributed by atoms with van der Waals surface area (Å²) in [6.07, 6.45) is 2.27. The lowest BCUT2D eigenvalue weighted by Crippen LogP contribution is -2.48. The van der Waals surface area contributed by atoms with Gasteiger partial charge in [0.05, 0.1) is 6.61 Å². The van der Waals surface area contributed by atoms with Gasteiger partial charge in [-0.05, 0) is 25.0 Å². The molecule has 0 aromatic heterocycles. The first-order valence-electron chi connectivity index (χ1n) is 7.03. The van der Waals surface area contributed by atoms with Crippen LogP contribution in [0.3, 0.4) is 0 Å². The molecular weight excluding hydrogens is 294 g/mol. The molecule has 0 aliphatic heterocycles. The van der Waals surface area contributed by atoms with Crippen molar-refractivity contribution in [3.8, 4) is 0 Å². The van der Waals surface area contributed by atoms with Gasteiger partial charge in [-0.25, -0.2) is 8.78 Å². The molecule has 0 radical (unpaired) electrons. The van der Waals surface area contributed by atoms with Crippen LogP contribution in [0, 0.1) is 17.0 Å². The van der Waals surface area contributed by atoms with Crippen LogP contribution in [0.25, 0.3) is 0 Å². The van der Waals surface area contributed by atoms with Gasteiger partial charge in [0.15, 0.2) is 0 Å².